The molecule has 4 rings (SSSR count). The van der Waals surface area contributed by atoms with Crippen molar-refractivity contribution in [1.29, 1.82) is 0 Å². The van der Waals surface area contributed by atoms with Crippen molar-refractivity contribution >= 4 is 56.3 Å². The molecule has 0 atom stereocenters. The highest BCUT2D eigenvalue weighted by atomic mass is 35.5. The van der Waals surface area contributed by atoms with E-state index < -0.39 is 0 Å². The van der Waals surface area contributed by atoms with Crippen molar-refractivity contribution in [2.75, 3.05) is 5.32 Å². The number of aromatic nitrogens is 2. The summed E-state index contributed by atoms with van der Waals surface area (Å²) in [5.74, 6) is -0.227. The van der Waals surface area contributed by atoms with Crippen LogP contribution in [0, 0.1) is 6.92 Å². The zero-order valence-corrected chi connectivity index (χ0v) is 16.0. The fourth-order valence-corrected chi connectivity index (χ4v) is 4.10. The maximum atomic E-state index is 12.7. The maximum absolute atomic E-state index is 12.7. The Hall–Kier alpha value is -2.34. The van der Waals surface area contributed by atoms with Gasteiger partial charge in [-0.05, 0) is 43.3 Å². The molecule has 4 aromatic rings. The van der Waals surface area contributed by atoms with E-state index in [1.807, 2.05) is 48.0 Å². The molecule has 0 unspecified atom stereocenters. The van der Waals surface area contributed by atoms with Crippen LogP contribution in [0.25, 0.3) is 15.9 Å². The van der Waals surface area contributed by atoms with Crippen LogP contribution in [0.15, 0.2) is 54.6 Å². The lowest BCUT2D eigenvalue weighted by Crippen LogP contribution is -2.10. The number of rotatable bonds is 3. The van der Waals surface area contributed by atoms with E-state index in [1.54, 1.807) is 18.2 Å². The highest BCUT2D eigenvalue weighted by Crippen LogP contribution is 2.32. The third-order valence-electron chi connectivity index (χ3n) is 3.95. The lowest BCUT2D eigenvalue weighted by molar-refractivity contribution is 0.103. The Bertz CT molecular complexity index is 1120. The number of para-hydroxylation sites is 1. The second-order valence-corrected chi connectivity index (χ2v) is 7.61. The largest absolute Gasteiger partial charge is 0.320 e. The Morgan fingerprint density at radius 2 is 1.88 bits per heavy atom. The number of carbonyl (C=O) groups excluding carboxylic acids is 1. The topological polar surface area (TPSA) is 46.9 Å². The van der Waals surface area contributed by atoms with Crippen LogP contribution in [0.1, 0.15) is 15.4 Å². The fourth-order valence-electron chi connectivity index (χ4n) is 2.68. The minimum Gasteiger partial charge on any atom is -0.320 e. The van der Waals surface area contributed by atoms with Crippen molar-refractivity contribution in [1.82, 2.24) is 9.78 Å². The Morgan fingerprint density at radius 3 is 2.65 bits per heavy atom. The summed E-state index contributed by atoms with van der Waals surface area (Å²) in [6.07, 6.45) is 0. The van der Waals surface area contributed by atoms with Gasteiger partial charge in [-0.15, -0.1) is 11.3 Å². The molecule has 1 N–H and O–H groups in total. The summed E-state index contributed by atoms with van der Waals surface area (Å²) in [7, 11) is 0. The number of nitrogens with zero attached hydrogens (tertiary/aromatic N) is 2. The van der Waals surface area contributed by atoms with Crippen LogP contribution in [0.2, 0.25) is 10.0 Å². The minimum absolute atomic E-state index is 0.227. The predicted molar refractivity (Wildman–Crippen MR) is 108 cm³/mol. The monoisotopic (exact) mass is 401 g/mol. The van der Waals surface area contributed by atoms with Crippen LogP contribution in [0.4, 0.5) is 5.69 Å². The van der Waals surface area contributed by atoms with E-state index in [2.05, 4.69) is 10.4 Å². The Morgan fingerprint density at radius 1 is 1.12 bits per heavy atom. The number of fused-ring (bicyclic) bond motifs is 1. The van der Waals surface area contributed by atoms with Crippen molar-refractivity contribution < 1.29 is 4.79 Å². The number of carbonyl (C=O) groups is 1. The minimum atomic E-state index is -0.227. The zero-order valence-electron chi connectivity index (χ0n) is 13.7. The normalized spacial score (nSPS) is 11.0. The van der Waals surface area contributed by atoms with Gasteiger partial charge in [-0.3, -0.25) is 4.79 Å². The van der Waals surface area contributed by atoms with Crippen molar-refractivity contribution in [2.45, 2.75) is 6.92 Å². The third kappa shape index (κ3) is 3.09. The van der Waals surface area contributed by atoms with E-state index in [9.17, 15) is 4.79 Å². The lowest BCUT2D eigenvalue weighted by Gasteiger charge is -2.06. The number of anilines is 1. The lowest BCUT2D eigenvalue weighted by atomic mass is 10.3. The van der Waals surface area contributed by atoms with E-state index in [0.29, 0.717) is 20.6 Å². The molecule has 0 aliphatic rings. The number of halogens is 2. The summed E-state index contributed by atoms with van der Waals surface area (Å²) in [5.41, 5.74) is 2.32. The van der Waals surface area contributed by atoms with Crippen molar-refractivity contribution in [3.63, 3.8) is 0 Å². The van der Waals surface area contributed by atoms with Crippen molar-refractivity contribution in [3.05, 3.63) is 75.2 Å². The quantitative estimate of drug-likeness (QED) is 0.460. The molecular formula is C19H13Cl2N3OS. The van der Waals surface area contributed by atoms with Crippen LogP contribution in [0.3, 0.4) is 0 Å². The average molecular weight is 402 g/mol. The van der Waals surface area contributed by atoms with Gasteiger partial charge in [-0.2, -0.15) is 5.10 Å². The Labute approximate surface area is 164 Å². The molecule has 26 heavy (non-hydrogen) atoms. The van der Waals surface area contributed by atoms with E-state index in [0.717, 1.165) is 21.6 Å². The van der Waals surface area contributed by atoms with E-state index >= 15 is 0 Å². The van der Waals surface area contributed by atoms with Gasteiger partial charge in [-0.1, -0.05) is 41.4 Å². The molecule has 0 bridgehead atoms. The first-order valence-electron chi connectivity index (χ1n) is 7.84. The van der Waals surface area contributed by atoms with Gasteiger partial charge >= 0.3 is 0 Å². The van der Waals surface area contributed by atoms with E-state index in [1.165, 1.54) is 11.3 Å². The Balaban J connectivity index is 1.71. The molecule has 130 valence electrons. The summed E-state index contributed by atoms with van der Waals surface area (Å²) in [4.78, 5) is 14.2. The molecule has 0 saturated carbocycles. The highest BCUT2D eigenvalue weighted by Gasteiger charge is 2.18. The summed E-state index contributed by atoms with van der Waals surface area (Å²) in [6.45, 7) is 1.93. The number of hydrogen-bond donors (Lipinski definition) is 1. The second-order valence-electron chi connectivity index (χ2n) is 5.74. The van der Waals surface area contributed by atoms with Crippen LogP contribution < -0.4 is 5.32 Å². The first-order chi connectivity index (χ1) is 12.5. The molecule has 7 heteroatoms. The molecule has 0 aliphatic carbocycles. The molecule has 0 aliphatic heterocycles. The summed E-state index contributed by atoms with van der Waals surface area (Å²) >= 11 is 13.5. The van der Waals surface area contributed by atoms with E-state index in [4.69, 9.17) is 23.2 Å². The number of amides is 1. The molecule has 2 aromatic carbocycles. The fraction of sp³-hybridized carbons (Fsp3) is 0.0526. The maximum Gasteiger partial charge on any atom is 0.265 e. The standard InChI is InChI=1S/C19H13Cl2N3OS/c1-11-14-10-17(18(25)22-16-9-12(20)7-8-15(16)21)26-19(14)24(23-11)13-5-3-2-4-6-13/h2-10H,1H3,(H,22,25). The first kappa shape index (κ1) is 17.1. The van der Waals surface area contributed by atoms with Gasteiger partial charge in [-0.25, -0.2) is 4.68 Å². The predicted octanol–water partition coefficient (Wildman–Crippen LogP) is 5.95. The average Bonchev–Trinajstić information content (AvgIpc) is 3.20. The van der Waals surface area contributed by atoms with Crippen LogP contribution >= 0.6 is 34.5 Å². The molecule has 2 heterocycles. The van der Waals surface area contributed by atoms with Gasteiger partial charge < -0.3 is 5.32 Å². The first-order valence-corrected chi connectivity index (χ1v) is 9.41. The van der Waals surface area contributed by atoms with Crippen molar-refractivity contribution in [2.24, 2.45) is 0 Å². The molecule has 1 amide bonds. The Kier molecular flexibility index (Phi) is 4.44. The summed E-state index contributed by atoms with van der Waals surface area (Å²) in [6, 6.07) is 16.7. The zero-order chi connectivity index (χ0) is 18.3. The number of benzene rings is 2. The van der Waals surface area contributed by atoms with Gasteiger partial charge in [0, 0.05) is 10.4 Å². The summed E-state index contributed by atoms with van der Waals surface area (Å²) < 4.78 is 1.86. The number of thiophene rings is 1. The molecule has 4 nitrogen and oxygen atoms in total. The highest BCUT2D eigenvalue weighted by molar-refractivity contribution is 7.20. The van der Waals surface area contributed by atoms with E-state index in [-0.39, 0.29) is 5.91 Å². The van der Waals surface area contributed by atoms with Gasteiger partial charge in [0.1, 0.15) is 4.83 Å². The molecule has 0 fully saturated rings. The van der Waals surface area contributed by atoms with Gasteiger partial charge in [0.15, 0.2) is 0 Å². The van der Waals surface area contributed by atoms with Gasteiger partial charge in [0.25, 0.3) is 5.91 Å². The number of hydrogen-bond acceptors (Lipinski definition) is 3. The van der Waals surface area contributed by atoms with Gasteiger partial charge in [0.2, 0.25) is 0 Å². The molecule has 2 aromatic heterocycles. The number of aryl methyl sites for hydroxylation is 1. The number of nitrogens with one attached hydrogen (secondary N) is 1. The van der Waals surface area contributed by atoms with Crippen molar-refractivity contribution in [3.8, 4) is 5.69 Å². The molecule has 0 saturated heterocycles. The van der Waals surface area contributed by atoms with Crippen LogP contribution in [-0.2, 0) is 0 Å². The van der Waals surface area contributed by atoms with Crippen LogP contribution in [0.5, 0.6) is 0 Å². The molecular weight excluding hydrogens is 389 g/mol. The second kappa shape index (κ2) is 6.76. The smallest absolute Gasteiger partial charge is 0.265 e. The third-order valence-corrected chi connectivity index (χ3v) is 5.62. The van der Waals surface area contributed by atoms with Gasteiger partial charge in [0.05, 0.1) is 27.0 Å². The molecule has 0 radical (unpaired) electrons. The van der Waals surface area contributed by atoms with Crippen LogP contribution in [-0.4, -0.2) is 15.7 Å². The SMILES string of the molecule is Cc1nn(-c2ccccc2)c2sc(C(=O)Nc3cc(Cl)ccc3Cl)cc12. The summed E-state index contributed by atoms with van der Waals surface area (Å²) in [5, 5.41) is 9.32. The molecule has 0 spiro atoms.